The predicted molar refractivity (Wildman–Crippen MR) is 126 cm³/mol. The molecule has 186 valence electrons. The number of ether oxygens (including phenoxy) is 2. The molecule has 1 amide bonds. The van der Waals surface area contributed by atoms with Crippen molar-refractivity contribution in [1.82, 2.24) is 25.7 Å². The monoisotopic (exact) mass is 473 g/mol. The summed E-state index contributed by atoms with van der Waals surface area (Å²) in [5.74, 6) is 0.0317. The van der Waals surface area contributed by atoms with Crippen LogP contribution in [0.3, 0.4) is 0 Å². The van der Waals surface area contributed by atoms with Crippen LogP contribution in [-0.4, -0.2) is 68.3 Å². The fourth-order valence-corrected chi connectivity index (χ4v) is 3.06. The van der Waals surface area contributed by atoms with Crippen molar-refractivity contribution in [3.63, 3.8) is 0 Å². The lowest BCUT2D eigenvalue weighted by Crippen LogP contribution is -2.34. The normalized spacial score (nSPS) is 11.9. The molecule has 2 aromatic rings. The van der Waals surface area contributed by atoms with Gasteiger partial charge in [-0.3, -0.25) is 9.59 Å². The number of carbonyl (C=O) groups is 2. The van der Waals surface area contributed by atoms with Gasteiger partial charge in [-0.2, -0.15) is 0 Å². The van der Waals surface area contributed by atoms with Gasteiger partial charge in [0.2, 0.25) is 11.7 Å². The first kappa shape index (κ1) is 27.3. The number of aromatic nitrogens is 4. The molecule has 34 heavy (non-hydrogen) atoms. The van der Waals surface area contributed by atoms with E-state index < -0.39 is 17.2 Å². The van der Waals surface area contributed by atoms with Gasteiger partial charge >= 0.3 is 5.97 Å². The van der Waals surface area contributed by atoms with Crippen molar-refractivity contribution in [3.8, 4) is 11.4 Å². The lowest BCUT2D eigenvalue weighted by molar-refractivity contribution is -0.139. The SMILES string of the molecule is Cc1nnc(-c2ccc(CC(=O)NCCOC(C)(C)CCOC(C)(C)CCC(=O)O)cc2)nn1. The summed E-state index contributed by atoms with van der Waals surface area (Å²) in [5.41, 5.74) is 0.736. The summed E-state index contributed by atoms with van der Waals surface area (Å²) in [4.78, 5) is 23.0. The lowest BCUT2D eigenvalue weighted by atomic mass is 10.0. The first-order chi connectivity index (χ1) is 16.0. The number of carbonyl (C=O) groups excluding carboxylic acids is 1. The van der Waals surface area contributed by atoms with Crippen molar-refractivity contribution < 1.29 is 24.2 Å². The van der Waals surface area contributed by atoms with Gasteiger partial charge in [0, 0.05) is 18.5 Å². The Morgan fingerprint density at radius 3 is 2.12 bits per heavy atom. The van der Waals surface area contributed by atoms with Gasteiger partial charge in [-0.05, 0) is 53.0 Å². The molecule has 0 bridgehead atoms. The van der Waals surface area contributed by atoms with Crippen LogP contribution in [0.2, 0.25) is 0 Å². The molecule has 0 spiro atoms. The highest BCUT2D eigenvalue weighted by molar-refractivity contribution is 5.78. The van der Waals surface area contributed by atoms with Crippen LogP contribution in [0.15, 0.2) is 24.3 Å². The Labute approximate surface area is 200 Å². The molecule has 0 atom stereocenters. The number of hydrogen-bond acceptors (Lipinski definition) is 8. The van der Waals surface area contributed by atoms with Crippen LogP contribution in [0.5, 0.6) is 0 Å². The minimum absolute atomic E-state index is 0.0762. The molecule has 10 heteroatoms. The summed E-state index contributed by atoms with van der Waals surface area (Å²) < 4.78 is 11.7. The second-order valence-corrected chi connectivity index (χ2v) is 9.35. The van der Waals surface area contributed by atoms with Crippen molar-refractivity contribution in [2.75, 3.05) is 19.8 Å². The molecule has 0 unspecified atom stereocenters. The van der Waals surface area contributed by atoms with E-state index >= 15 is 0 Å². The number of carboxylic acids is 1. The number of aliphatic carboxylic acids is 1. The Hall–Kier alpha value is -2.98. The van der Waals surface area contributed by atoms with Crippen LogP contribution in [-0.2, 0) is 25.5 Å². The number of amides is 1. The molecule has 0 saturated heterocycles. The third-order valence-corrected chi connectivity index (χ3v) is 5.21. The Bertz CT molecular complexity index is 930. The number of nitrogens with zero attached hydrogens (tertiary/aromatic N) is 4. The zero-order valence-electron chi connectivity index (χ0n) is 20.6. The largest absolute Gasteiger partial charge is 0.481 e. The summed E-state index contributed by atoms with van der Waals surface area (Å²) in [6.07, 6.45) is 1.44. The van der Waals surface area contributed by atoms with Crippen LogP contribution >= 0.6 is 0 Å². The number of hydrogen-bond donors (Lipinski definition) is 2. The molecule has 2 N–H and O–H groups in total. The number of nitrogens with one attached hydrogen (secondary N) is 1. The van der Waals surface area contributed by atoms with Gasteiger partial charge in [-0.15, -0.1) is 20.4 Å². The van der Waals surface area contributed by atoms with Gasteiger partial charge in [-0.1, -0.05) is 24.3 Å². The number of carboxylic acid groups (broad SMARTS) is 1. The third-order valence-electron chi connectivity index (χ3n) is 5.21. The summed E-state index contributed by atoms with van der Waals surface area (Å²) in [5, 5.41) is 27.5. The van der Waals surface area contributed by atoms with Crippen LogP contribution < -0.4 is 5.32 Å². The van der Waals surface area contributed by atoms with E-state index in [0.29, 0.717) is 44.2 Å². The Morgan fingerprint density at radius 2 is 1.50 bits per heavy atom. The molecular formula is C24H35N5O5. The second kappa shape index (κ2) is 12.5. The van der Waals surface area contributed by atoms with E-state index in [1.54, 1.807) is 6.92 Å². The van der Waals surface area contributed by atoms with Gasteiger partial charge in [0.25, 0.3) is 0 Å². The average Bonchev–Trinajstić information content (AvgIpc) is 2.76. The van der Waals surface area contributed by atoms with Gasteiger partial charge < -0.3 is 19.9 Å². The fourth-order valence-electron chi connectivity index (χ4n) is 3.06. The zero-order chi connectivity index (χ0) is 25.2. The van der Waals surface area contributed by atoms with E-state index in [1.807, 2.05) is 52.0 Å². The Kier molecular flexibility index (Phi) is 10.0. The minimum Gasteiger partial charge on any atom is -0.481 e. The highest BCUT2D eigenvalue weighted by Crippen LogP contribution is 2.20. The molecule has 0 aliphatic heterocycles. The molecule has 0 fully saturated rings. The van der Waals surface area contributed by atoms with Crippen molar-refractivity contribution in [3.05, 3.63) is 35.7 Å². The predicted octanol–water partition coefficient (Wildman–Crippen LogP) is 2.75. The first-order valence-corrected chi connectivity index (χ1v) is 11.4. The zero-order valence-corrected chi connectivity index (χ0v) is 20.6. The van der Waals surface area contributed by atoms with E-state index in [0.717, 1.165) is 11.1 Å². The molecule has 0 saturated carbocycles. The van der Waals surface area contributed by atoms with Crippen LogP contribution in [0.1, 0.15) is 58.3 Å². The smallest absolute Gasteiger partial charge is 0.303 e. The Balaban J connectivity index is 1.66. The summed E-state index contributed by atoms with van der Waals surface area (Å²) >= 11 is 0. The standard InChI is InChI=1S/C24H35N5O5/c1-17-26-28-22(29-27-17)19-8-6-18(7-9-19)16-20(30)25-13-15-34-24(4,5)12-14-33-23(2,3)11-10-21(31)32/h6-9H,10-16H2,1-5H3,(H,25,30)(H,31,32). The second-order valence-electron chi connectivity index (χ2n) is 9.35. The van der Waals surface area contributed by atoms with Crippen molar-refractivity contribution in [2.24, 2.45) is 0 Å². The molecule has 10 nitrogen and oxygen atoms in total. The van der Waals surface area contributed by atoms with E-state index in [9.17, 15) is 9.59 Å². The molecule has 1 heterocycles. The maximum atomic E-state index is 12.2. The van der Waals surface area contributed by atoms with Crippen molar-refractivity contribution >= 4 is 11.9 Å². The van der Waals surface area contributed by atoms with Gasteiger partial charge in [0.15, 0.2) is 5.82 Å². The molecule has 0 aliphatic rings. The summed E-state index contributed by atoms with van der Waals surface area (Å²) in [6, 6.07) is 7.39. The van der Waals surface area contributed by atoms with E-state index in [4.69, 9.17) is 14.6 Å². The van der Waals surface area contributed by atoms with E-state index in [2.05, 4.69) is 25.7 Å². The lowest BCUT2D eigenvalue weighted by Gasteiger charge is -2.29. The van der Waals surface area contributed by atoms with Gasteiger partial charge in [-0.25, -0.2) is 0 Å². The van der Waals surface area contributed by atoms with Crippen LogP contribution in [0.25, 0.3) is 11.4 Å². The molecular weight excluding hydrogens is 438 g/mol. The van der Waals surface area contributed by atoms with Crippen molar-refractivity contribution in [2.45, 2.75) is 71.5 Å². The number of aryl methyl sites for hydroxylation is 1. The van der Waals surface area contributed by atoms with Crippen LogP contribution in [0, 0.1) is 6.92 Å². The van der Waals surface area contributed by atoms with Gasteiger partial charge in [0.05, 0.1) is 30.8 Å². The number of benzene rings is 1. The highest BCUT2D eigenvalue weighted by atomic mass is 16.5. The highest BCUT2D eigenvalue weighted by Gasteiger charge is 2.23. The summed E-state index contributed by atoms with van der Waals surface area (Å²) in [7, 11) is 0. The van der Waals surface area contributed by atoms with Crippen molar-refractivity contribution in [1.29, 1.82) is 0 Å². The first-order valence-electron chi connectivity index (χ1n) is 11.4. The molecule has 1 aromatic carbocycles. The van der Waals surface area contributed by atoms with Gasteiger partial charge in [0.1, 0.15) is 0 Å². The summed E-state index contributed by atoms with van der Waals surface area (Å²) in [6.45, 7) is 10.7. The number of rotatable bonds is 14. The van der Waals surface area contributed by atoms with E-state index in [-0.39, 0.29) is 18.7 Å². The fraction of sp³-hybridized carbons (Fsp3) is 0.583. The Morgan fingerprint density at radius 1 is 0.912 bits per heavy atom. The molecule has 2 rings (SSSR count). The molecule has 1 aromatic heterocycles. The quantitative estimate of drug-likeness (QED) is 0.397. The van der Waals surface area contributed by atoms with E-state index in [1.165, 1.54) is 0 Å². The maximum absolute atomic E-state index is 12.2. The maximum Gasteiger partial charge on any atom is 0.303 e. The molecule has 0 radical (unpaired) electrons. The third kappa shape index (κ3) is 10.3. The topological polar surface area (TPSA) is 136 Å². The average molecular weight is 474 g/mol. The van der Waals surface area contributed by atoms with Crippen LogP contribution in [0.4, 0.5) is 0 Å². The molecule has 0 aliphatic carbocycles. The minimum atomic E-state index is -0.827.